The van der Waals surface area contributed by atoms with E-state index >= 15 is 0 Å². The summed E-state index contributed by atoms with van der Waals surface area (Å²) in [4.78, 5) is 0. The van der Waals surface area contributed by atoms with E-state index in [1.807, 2.05) is 0 Å². The summed E-state index contributed by atoms with van der Waals surface area (Å²) in [6.07, 6.45) is 8.43. The first-order chi connectivity index (χ1) is 13.2. The van der Waals surface area contributed by atoms with E-state index in [2.05, 4.69) is 78.9 Å². The third-order valence-electron chi connectivity index (χ3n) is 5.53. The first-order valence-corrected chi connectivity index (χ1v) is 11.4. The van der Waals surface area contributed by atoms with Gasteiger partial charge < -0.3 is 9.47 Å². The number of hydrogen-bond donors (Lipinski definition) is 0. The van der Waals surface area contributed by atoms with Crippen LogP contribution in [0.2, 0.25) is 0 Å². The summed E-state index contributed by atoms with van der Waals surface area (Å²) < 4.78 is 12.9. The summed E-state index contributed by atoms with van der Waals surface area (Å²) in [5.74, 6) is 1.99. The highest BCUT2D eigenvalue weighted by molar-refractivity contribution is 14.1. The lowest BCUT2D eigenvalue weighted by molar-refractivity contribution is 0.313. The zero-order valence-electron chi connectivity index (χ0n) is 16.6. The normalized spacial score (nSPS) is 16.1. The smallest absolute Gasteiger partial charge is 0.132 e. The second kappa shape index (κ2) is 9.81. The monoisotopic (exact) mass is 478 g/mol. The molecule has 0 spiro atoms. The topological polar surface area (TPSA) is 18.5 Å². The maximum Gasteiger partial charge on any atom is 0.132 e. The van der Waals surface area contributed by atoms with Gasteiger partial charge in [-0.2, -0.15) is 0 Å². The molecule has 2 aromatic rings. The Bertz CT molecular complexity index is 718. The van der Waals surface area contributed by atoms with Gasteiger partial charge in [0.2, 0.25) is 0 Å². The molecule has 0 bridgehead atoms. The number of rotatable bonds is 8. The molecular weight excluding hydrogens is 447 g/mol. The van der Waals surface area contributed by atoms with E-state index in [-0.39, 0.29) is 5.41 Å². The lowest BCUT2D eigenvalue weighted by atomic mass is 9.65. The number of hydrogen-bond acceptors (Lipinski definition) is 2. The van der Waals surface area contributed by atoms with Crippen LogP contribution < -0.4 is 9.47 Å². The Kier molecular flexibility index (Phi) is 7.45. The Hall–Kier alpha value is -1.23. The van der Waals surface area contributed by atoms with Gasteiger partial charge in [0.05, 0.1) is 16.8 Å². The van der Waals surface area contributed by atoms with Crippen LogP contribution in [0.3, 0.4) is 0 Å². The molecule has 2 aromatic carbocycles. The van der Waals surface area contributed by atoms with E-state index in [0.29, 0.717) is 0 Å². The molecule has 2 nitrogen and oxygen atoms in total. The lowest BCUT2D eigenvalue weighted by Gasteiger charge is -2.39. The molecular formula is C24H31IO2. The maximum absolute atomic E-state index is 5.90. The van der Waals surface area contributed by atoms with Crippen LogP contribution in [-0.4, -0.2) is 13.2 Å². The second-order valence-corrected chi connectivity index (χ2v) is 8.67. The highest BCUT2D eigenvalue weighted by Crippen LogP contribution is 2.46. The van der Waals surface area contributed by atoms with Gasteiger partial charge in [0.15, 0.2) is 0 Å². The van der Waals surface area contributed by atoms with Gasteiger partial charge in [-0.05, 0) is 83.7 Å². The number of benzene rings is 2. The molecule has 0 heterocycles. The van der Waals surface area contributed by atoms with Gasteiger partial charge in [0, 0.05) is 5.41 Å². The van der Waals surface area contributed by atoms with Gasteiger partial charge in [-0.1, -0.05) is 51.3 Å². The summed E-state index contributed by atoms with van der Waals surface area (Å²) in [5.41, 5.74) is 2.96. The molecule has 1 aliphatic rings. The van der Waals surface area contributed by atoms with Crippen LogP contribution in [-0.2, 0) is 5.41 Å². The molecule has 0 atom stereocenters. The molecule has 0 N–H and O–H groups in total. The van der Waals surface area contributed by atoms with Crippen LogP contribution in [0, 0.1) is 3.57 Å². The largest absolute Gasteiger partial charge is 0.494 e. The molecule has 3 heteroatoms. The first kappa shape index (κ1) is 20.5. The van der Waals surface area contributed by atoms with E-state index in [1.165, 1.54) is 46.8 Å². The molecule has 146 valence electrons. The molecule has 27 heavy (non-hydrogen) atoms. The van der Waals surface area contributed by atoms with Crippen molar-refractivity contribution in [3.05, 3.63) is 57.2 Å². The molecule has 1 aliphatic carbocycles. The van der Waals surface area contributed by atoms with Gasteiger partial charge >= 0.3 is 0 Å². The average molecular weight is 478 g/mol. The minimum atomic E-state index is 0.116. The molecule has 1 saturated carbocycles. The Labute approximate surface area is 177 Å². The molecule has 0 radical (unpaired) electrons. The van der Waals surface area contributed by atoms with Crippen molar-refractivity contribution >= 4 is 22.6 Å². The predicted octanol–water partition coefficient (Wildman–Crippen LogP) is 7.12. The van der Waals surface area contributed by atoms with Gasteiger partial charge in [-0.3, -0.25) is 0 Å². The lowest BCUT2D eigenvalue weighted by Crippen LogP contribution is -2.30. The number of ether oxygens (including phenoxy) is 2. The highest BCUT2D eigenvalue weighted by atomic mass is 127. The summed E-state index contributed by atoms with van der Waals surface area (Å²) in [7, 11) is 0. The molecule has 0 amide bonds. The Morgan fingerprint density at radius 3 is 2.07 bits per heavy atom. The van der Waals surface area contributed by atoms with E-state index in [0.717, 1.165) is 37.6 Å². The van der Waals surface area contributed by atoms with Crippen molar-refractivity contribution in [2.24, 2.45) is 0 Å². The van der Waals surface area contributed by atoms with E-state index in [1.54, 1.807) is 0 Å². The van der Waals surface area contributed by atoms with Crippen molar-refractivity contribution in [1.29, 1.82) is 0 Å². The Balaban J connectivity index is 1.92. The van der Waals surface area contributed by atoms with E-state index in [9.17, 15) is 0 Å². The average Bonchev–Trinajstić information content (AvgIpc) is 2.72. The van der Waals surface area contributed by atoms with Crippen molar-refractivity contribution in [2.45, 2.75) is 64.2 Å². The third-order valence-corrected chi connectivity index (χ3v) is 6.38. The fraction of sp³-hybridized carbons (Fsp3) is 0.500. The Morgan fingerprint density at radius 2 is 1.44 bits per heavy atom. The summed E-state index contributed by atoms with van der Waals surface area (Å²) >= 11 is 2.42. The van der Waals surface area contributed by atoms with Crippen LogP contribution >= 0.6 is 22.6 Å². The summed E-state index contributed by atoms with van der Waals surface area (Å²) in [5, 5.41) is 0. The fourth-order valence-corrected chi connectivity index (χ4v) is 4.79. The van der Waals surface area contributed by atoms with Crippen molar-refractivity contribution in [3.8, 4) is 11.5 Å². The molecule has 0 unspecified atom stereocenters. The van der Waals surface area contributed by atoms with Gasteiger partial charge in [-0.15, -0.1) is 0 Å². The zero-order valence-corrected chi connectivity index (χ0v) is 18.8. The van der Waals surface area contributed by atoms with E-state index < -0.39 is 0 Å². The predicted molar refractivity (Wildman–Crippen MR) is 121 cm³/mol. The summed E-state index contributed by atoms with van der Waals surface area (Å²) in [6.45, 7) is 5.84. The highest BCUT2D eigenvalue weighted by Gasteiger charge is 2.36. The SMILES string of the molecule is CCCOc1ccc(C2(c3ccc(OCCC)c(I)c3)CCCCC2)cc1. The minimum Gasteiger partial charge on any atom is -0.494 e. The van der Waals surface area contributed by atoms with Crippen molar-refractivity contribution in [1.82, 2.24) is 0 Å². The minimum absolute atomic E-state index is 0.116. The van der Waals surface area contributed by atoms with Crippen LogP contribution in [0.5, 0.6) is 11.5 Å². The standard InChI is InChI=1S/C24H31IO2/c1-3-16-26-21-11-8-19(9-12-21)24(14-6-5-7-15-24)20-10-13-23(22(25)18-20)27-17-4-2/h8-13,18H,3-7,14-17H2,1-2H3. The van der Waals surface area contributed by atoms with Crippen molar-refractivity contribution in [2.75, 3.05) is 13.2 Å². The molecule has 0 aromatic heterocycles. The number of halogens is 1. The second-order valence-electron chi connectivity index (χ2n) is 7.51. The molecule has 0 aliphatic heterocycles. The van der Waals surface area contributed by atoms with Crippen molar-refractivity contribution in [3.63, 3.8) is 0 Å². The zero-order chi connectivity index (χ0) is 19.1. The van der Waals surface area contributed by atoms with Gasteiger partial charge in [0.25, 0.3) is 0 Å². The van der Waals surface area contributed by atoms with Crippen LogP contribution in [0.4, 0.5) is 0 Å². The maximum atomic E-state index is 5.90. The van der Waals surface area contributed by atoms with Crippen LogP contribution in [0.1, 0.15) is 69.9 Å². The third kappa shape index (κ3) is 4.79. The van der Waals surface area contributed by atoms with Crippen LogP contribution in [0.15, 0.2) is 42.5 Å². The van der Waals surface area contributed by atoms with Crippen LogP contribution in [0.25, 0.3) is 0 Å². The Morgan fingerprint density at radius 1 is 0.815 bits per heavy atom. The molecule has 0 saturated heterocycles. The van der Waals surface area contributed by atoms with E-state index in [4.69, 9.17) is 9.47 Å². The first-order valence-electron chi connectivity index (χ1n) is 10.4. The van der Waals surface area contributed by atoms with Crippen molar-refractivity contribution < 1.29 is 9.47 Å². The van der Waals surface area contributed by atoms with Gasteiger partial charge in [-0.25, -0.2) is 0 Å². The molecule has 1 fully saturated rings. The molecule has 3 rings (SSSR count). The quantitative estimate of drug-likeness (QED) is 0.376. The van der Waals surface area contributed by atoms with Gasteiger partial charge in [0.1, 0.15) is 11.5 Å². The summed E-state index contributed by atoms with van der Waals surface area (Å²) in [6, 6.07) is 15.7. The fourth-order valence-electron chi connectivity index (χ4n) is 4.12.